The van der Waals surface area contributed by atoms with Crippen molar-refractivity contribution in [3.63, 3.8) is 0 Å². The molecule has 1 unspecified atom stereocenters. The molecule has 1 heterocycles. The van der Waals surface area contributed by atoms with E-state index in [2.05, 4.69) is 5.32 Å². The number of hydrogen-bond donors (Lipinski definition) is 2. The molecule has 120 valence electrons. The molecular formula is C16H28N2O3. The summed E-state index contributed by atoms with van der Waals surface area (Å²) in [5.74, 6) is 0. The lowest BCUT2D eigenvalue weighted by Crippen LogP contribution is -2.53. The van der Waals surface area contributed by atoms with E-state index in [1.54, 1.807) is 0 Å². The molecule has 2 N–H and O–H groups in total. The van der Waals surface area contributed by atoms with E-state index in [4.69, 9.17) is 9.84 Å². The van der Waals surface area contributed by atoms with Gasteiger partial charge in [-0.1, -0.05) is 19.3 Å². The first kappa shape index (κ1) is 15.1. The van der Waals surface area contributed by atoms with Gasteiger partial charge in [-0.25, -0.2) is 4.79 Å². The minimum absolute atomic E-state index is 0.00408. The maximum atomic E-state index is 12.4. The van der Waals surface area contributed by atoms with Crippen LogP contribution in [-0.2, 0) is 4.74 Å². The molecule has 2 aliphatic carbocycles. The monoisotopic (exact) mass is 296 g/mol. The third kappa shape index (κ3) is 3.69. The Hall–Kier alpha value is -0.810. The fraction of sp³-hybridized carbons (Fsp3) is 0.938. The molecule has 2 amide bonds. The zero-order valence-corrected chi connectivity index (χ0v) is 12.9. The Kier molecular flexibility index (Phi) is 4.69. The molecule has 0 aromatic rings. The summed E-state index contributed by atoms with van der Waals surface area (Å²) < 4.78 is 6.08. The van der Waals surface area contributed by atoms with Crippen molar-refractivity contribution < 1.29 is 14.6 Å². The Labute approximate surface area is 127 Å². The van der Waals surface area contributed by atoms with Gasteiger partial charge in [-0.05, 0) is 38.5 Å². The quantitative estimate of drug-likeness (QED) is 0.834. The number of hydrogen-bond acceptors (Lipinski definition) is 3. The maximum absolute atomic E-state index is 12.4. The van der Waals surface area contributed by atoms with Gasteiger partial charge >= 0.3 is 6.03 Å². The third-order valence-electron chi connectivity index (χ3n) is 5.17. The lowest BCUT2D eigenvalue weighted by Gasteiger charge is -2.44. The van der Waals surface area contributed by atoms with E-state index in [0.717, 1.165) is 45.1 Å². The number of amides is 2. The van der Waals surface area contributed by atoms with E-state index >= 15 is 0 Å². The van der Waals surface area contributed by atoms with E-state index < -0.39 is 0 Å². The molecule has 1 atom stereocenters. The number of rotatable bonds is 4. The molecule has 5 heteroatoms. The van der Waals surface area contributed by atoms with Gasteiger partial charge in [0.05, 0.1) is 12.2 Å². The molecule has 1 spiro atoms. The highest BCUT2D eigenvalue weighted by Gasteiger charge is 2.40. The third-order valence-corrected chi connectivity index (χ3v) is 5.17. The smallest absolute Gasteiger partial charge is 0.317 e. The van der Waals surface area contributed by atoms with Gasteiger partial charge in [0.2, 0.25) is 0 Å². The van der Waals surface area contributed by atoms with Crippen molar-refractivity contribution in [2.45, 2.75) is 75.5 Å². The van der Waals surface area contributed by atoms with Crippen LogP contribution in [0.3, 0.4) is 0 Å². The van der Waals surface area contributed by atoms with Crippen molar-refractivity contribution in [3.05, 3.63) is 0 Å². The zero-order valence-electron chi connectivity index (χ0n) is 12.9. The Morgan fingerprint density at radius 1 is 1.24 bits per heavy atom. The molecule has 1 saturated heterocycles. The standard InChI is InChI=1S/C16H28N2O3/c19-10-9-18(14-4-5-14)15(20)17-13-6-11-21-16(12-13)7-2-1-3-8-16/h13-14,19H,1-12H2,(H,17,20). The molecule has 0 radical (unpaired) electrons. The van der Waals surface area contributed by atoms with Crippen LogP contribution in [0, 0.1) is 0 Å². The Morgan fingerprint density at radius 3 is 2.67 bits per heavy atom. The van der Waals surface area contributed by atoms with Gasteiger partial charge in [0, 0.05) is 25.2 Å². The Bertz CT molecular complexity index is 359. The largest absolute Gasteiger partial charge is 0.395 e. The average molecular weight is 296 g/mol. The number of aliphatic hydroxyl groups excluding tert-OH is 1. The van der Waals surface area contributed by atoms with Crippen molar-refractivity contribution in [2.24, 2.45) is 0 Å². The van der Waals surface area contributed by atoms with E-state index in [9.17, 15) is 4.79 Å². The van der Waals surface area contributed by atoms with Crippen molar-refractivity contribution in [1.82, 2.24) is 10.2 Å². The number of aliphatic hydroxyl groups is 1. The number of urea groups is 1. The van der Waals surface area contributed by atoms with Crippen molar-refractivity contribution >= 4 is 6.03 Å². The van der Waals surface area contributed by atoms with Crippen LogP contribution in [0.4, 0.5) is 4.79 Å². The summed E-state index contributed by atoms with van der Waals surface area (Å²) in [5, 5.41) is 12.3. The molecule has 3 rings (SSSR count). The average Bonchev–Trinajstić information content (AvgIpc) is 3.30. The second kappa shape index (κ2) is 6.53. The van der Waals surface area contributed by atoms with Gasteiger partial charge in [0.15, 0.2) is 0 Å². The van der Waals surface area contributed by atoms with Gasteiger partial charge in [-0.2, -0.15) is 0 Å². The zero-order chi connectivity index (χ0) is 14.7. The lowest BCUT2D eigenvalue weighted by atomic mass is 9.78. The summed E-state index contributed by atoms with van der Waals surface area (Å²) >= 11 is 0. The fourth-order valence-electron chi connectivity index (χ4n) is 3.90. The second-order valence-corrected chi connectivity index (χ2v) is 6.88. The normalized spacial score (nSPS) is 28.3. The SMILES string of the molecule is O=C(NC1CCOC2(CCCCC2)C1)N(CCO)C1CC1. The lowest BCUT2D eigenvalue weighted by molar-refractivity contribution is -0.108. The number of carbonyl (C=O) groups is 1. The number of nitrogens with one attached hydrogen (secondary N) is 1. The summed E-state index contributed by atoms with van der Waals surface area (Å²) in [6.07, 6.45) is 10.1. The van der Waals surface area contributed by atoms with Gasteiger partial charge in [0.25, 0.3) is 0 Å². The predicted octanol–water partition coefficient (Wildman–Crippen LogP) is 2.03. The molecule has 1 aliphatic heterocycles. The maximum Gasteiger partial charge on any atom is 0.317 e. The van der Waals surface area contributed by atoms with Gasteiger partial charge < -0.3 is 20.1 Å². The van der Waals surface area contributed by atoms with E-state index in [0.29, 0.717) is 12.6 Å². The van der Waals surface area contributed by atoms with E-state index in [1.165, 1.54) is 19.3 Å². The first-order chi connectivity index (χ1) is 10.2. The van der Waals surface area contributed by atoms with Crippen LogP contribution in [0.15, 0.2) is 0 Å². The topological polar surface area (TPSA) is 61.8 Å². The highest BCUT2D eigenvalue weighted by Crippen LogP contribution is 2.38. The molecule has 0 bridgehead atoms. The summed E-state index contributed by atoms with van der Waals surface area (Å²) in [6, 6.07) is 0.578. The van der Waals surface area contributed by atoms with Crippen molar-refractivity contribution in [3.8, 4) is 0 Å². The minimum atomic E-state index is 0.00408. The number of carbonyl (C=O) groups excluding carboxylic acids is 1. The van der Waals surface area contributed by atoms with Crippen LogP contribution < -0.4 is 5.32 Å². The predicted molar refractivity (Wildman–Crippen MR) is 80.1 cm³/mol. The fourth-order valence-corrected chi connectivity index (χ4v) is 3.90. The Balaban J connectivity index is 1.55. The van der Waals surface area contributed by atoms with Crippen molar-refractivity contribution in [2.75, 3.05) is 19.8 Å². The van der Waals surface area contributed by atoms with Gasteiger partial charge in [-0.3, -0.25) is 0 Å². The first-order valence-electron chi connectivity index (χ1n) is 8.54. The van der Waals surface area contributed by atoms with E-state index in [1.807, 2.05) is 4.90 Å². The molecule has 3 aliphatic rings. The Morgan fingerprint density at radius 2 is 2.00 bits per heavy atom. The summed E-state index contributed by atoms with van der Waals surface area (Å²) in [6.45, 7) is 1.25. The number of nitrogens with zero attached hydrogens (tertiary/aromatic N) is 1. The molecule has 0 aromatic carbocycles. The van der Waals surface area contributed by atoms with Crippen molar-refractivity contribution in [1.29, 1.82) is 0 Å². The van der Waals surface area contributed by atoms with Crippen LogP contribution in [0.5, 0.6) is 0 Å². The molecule has 5 nitrogen and oxygen atoms in total. The van der Waals surface area contributed by atoms with E-state index in [-0.39, 0.29) is 24.3 Å². The molecule has 21 heavy (non-hydrogen) atoms. The molecule has 3 fully saturated rings. The van der Waals surface area contributed by atoms with Crippen LogP contribution in [0.1, 0.15) is 57.8 Å². The first-order valence-corrected chi connectivity index (χ1v) is 8.54. The van der Waals surface area contributed by atoms with Gasteiger partial charge in [0.1, 0.15) is 0 Å². The molecule has 2 saturated carbocycles. The molecule has 0 aromatic heterocycles. The second-order valence-electron chi connectivity index (χ2n) is 6.88. The molecular weight excluding hydrogens is 268 g/mol. The highest BCUT2D eigenvalue weighted by atomic mass is 16.5. The van der Waals surface area contributed by atoms with Crippen LogP contribution in [-0.4, -0.2) is 53.5 Å². The number of ether oxygens (including phenoxy) is 1. The van der Waals surface area contributed by atoms with Crippen LogP contribution in [0.25, 0.3) is 0 Å². The van der Waals surface area contributed by atoms with Crippen LogP contribution in [0.2, 0.25) is 0 Å². The highest BCUT2D eigenvalue weighted by molar-refractivity contribution is 5.75. The summed E-state index contributed by atoms with van der Waals surface area (Å²) in [4.78, 5) is 14.2. The summed E-state index contributed by atoms with van der Waals surface area (Å²) in [7, 11) is 0. The van der Waals surface area contributed by atoms with Crippen LogP contribution >= 0.6 is 0 Å². The van der Waals surface area contributed by atoms with Gasteiger partial charge in [-0.15, -0.1) is 0 Å². The minimum Gasteiger partial charge on any atom is -0.395 e. The summed E-state index contributed by atoms with van der Waals surface area (Å²) in [5.41, 5.74) is 0.0236.